The summed E-state index contributed by atoms with van der Waals surface area (Å²) in [5.74, 6) is 1.44. The second kappa shape index (κ2) is 6.87. The van der Waals surface area contributed by atoms with Gasteiger partial charge in [-0.2, -0.15) is 0 Å². The monoisotopic (exact) mass is 263 g/mol. The number of hydrogen-bond donors (Lipinski definition) is 2. The van der Waals surface area contributed by atoms with E-state index >= 15 is 0 Å². The molecule has 0 bridgehead atoms. The first-order chi connectivity index (χ1) is 9.24. The van der Waals surface area contributed by atoms with Crippen LogP contribution in [0.25, 0.3) is 0 Å². The normalized spacial score (nSPS) is 20.8. The zero-order valence-electron chi connectivity index (χ0n) is 12.0. The lowest BCUT2D eigenvalue weighted by Crippen LogP contribution is -2.22. The molecular weight excluding hydrogens is 238 g/mol. The van der Waals surface area contributed by atoms with Crippen molar-refractivity contribution in [2.75, 3.05) is 31.1 Å². The van der Waals surface area contributed by atoms with Gasteiger partial charge < -0.3 is 15.3 Å². The zero-order valence-corrected chi connectivity index (χ0v) is 12.0. The maximum atomic E-state index is 9.17. The molecule has 106 valence electrons. The van der Waals surface area contributed by atoms with Gasteiger partial charge in [0.2, 0.25) is 0 Å². The van der Waals surface area contributed by atoms with Gasteiger partial charge in [0, 0.05) is 37.9 Å². The van der Waals surface area contributed by atoms with Crippen molar-refractivity contribution in [3.8, 4) is 0 Å². The smallest absolute Gasteiger partial charge is 0.128 e. The lowest BCUT2D eigenvalue weighted by atomic mass is 10.1. The molecule has 0 aliphatic carbocycles. The summed E-state index contributed by atoms with van der Waals surface area (Å²) in [5, 5.41) is 12.6. The molecule has 19 heavy (non-hydrogen) atoms. The van der Waals surface area contributed by atoms with Crippen LogP contribution in [0.3, 0.4) is 0 Å². The lowest BCUT2D eigenvalue weighted by Gasteiger charge is -2.19. The van der Waals surface area contributed by atoms with E-state index in [2.05, 4.69) is 41.2 Å². The maximum absolute atomic E-state index is 9.17. The molecule has 0 radical (unpaired) electrons. The molecule has 1 aromatic heterocycles. The van der Waals surface area contributed by atoms with E-state index in [0.717, 1.165) is 38.3 Å². The summed E-state index contributed by atoms with van der Waals surface area (Å²) in [6, 6.07) is 4.60. The molecule has 0 aromatic carbocycles. The topological polar surface area (TPSA) is 48.4 Å². The SMILES string of the molecule is CCCNC(C)c1ccc(N2CCC(CO)C2)nc1. The molecule has 2 unspecified atom stereocenters. The van der Waals surface area contributed by atoms with Crippen molar-refractivity contribution >= 4 is 5.82 Å². The molecule has 4 nitrogen and oxygen atoms in total. The highest BCUT2D eigenvalue weighted by Gasteiger charge is 2.22. The van der Waals surface area contributed by atoms with Gasteiger partial charge in [0.1, 0.15) is 5.82 Å². The fourth-order valence-corrected chi connectivity index (χ4v) is 2.51. The van der Waals surface area contributed by atoms with Crippen LogP contribution < -0.4 is 10.2 Å². The van der Waals surface area contributed by atoms with E-state index in [1.165, 1.54) is 5.56 Å². The van der Waals surface area contributed by atoms with Crippen LogP contribution in [0.1, 0.15) is 38.3 Å². The number of nitrogens with one attached hydrogen (secondary N) is 1. The predicted molar refractivity (Wildman–Crippen MR) is 78.4 cm³/mol. The Morgan fingerprint density at radius 1 is 1.53 bits per heavy atom. The van der Waals surface area contributed by atoms with E-state index in [9.17, 15) is 5.11 Å². The molecule has 0 saturated carbocycles. The largest absolute Gasteiger partial charge is 0.396 e. The van der Waals surface area contributed by atoms with Crippen LogP contribution in [0.4, 0.5) is 5.82 Å². The Labute approximate surface area is 115 Å². The van der Waals surface area contributed by atoms with Gasteiger partial charge in [-0.1, -0.05) is 13.0 Å². The number of aromatic nitrogens is 1. The number of aliphatic hydroxyl groups is 1. The second-order valence-electron chi connectivity index (χ2n) is 5.41. The summed E-state index contributed by atoms with van der Waals surface area (Å²) in [4.78, 5) is 6.82. The van der Waals surface area contributed by atoms with Crippen molar-refractivity contribution in [2.24, 2.45) is 5.92 Å². The van der Waals surface area contributed by atoms with Gasteiger partial charge in [0.05, 0.1) is 0 Å². The number of hydrogen-bond acceptors (Lipinski definition) is 4. The van der Waals surface area contributed by atoms with Gasteiger partial charge in [0.15, 0.2) is 0 Å². The number of rotatable bonds is 6. The van der Waals surface area contributed by atoms with Crippen LogP contribution in [0.2, 0.25) is 0 Å². The fraction of sp³-hybridized carbons (Fsp3) is 0.667. The van der Waals surface area contributed by atoms with Crippen LogP contribution >= 0.6 is 0 Å². The van der Waals surface area contributed by atoms with Gasteiger partial charge in [-0.25, -0.2) is 4.98 Å². The van der Waals surface area contributed by atoms with E-state index in [4.69, 9.17) is 0 Å². The summed E-state index contributed by atoms with van der Waals surface area (Å²) in [6.45, 7) is 7.59. The third-order valence-electron chi connectivity index (χ3n) is 3.84. The molecular formula is C15H25N3O. The highest BCUT2D eigenvalue weighted by atomic mass is 16.3. The van der Waals surface area contributed by atoms with Crippen LogP contribution in [0.5, 0.6) is 0 Å². The lowest BCUT2D eigenvalue weighted by molar-refractivity contribution is 0.238. The van der Waals surface area contributed by atoms with Crippen molar-refractivity contribution < 1.29 is 5.11 Å². The zero-order chi connectivity index (χ0) is 13.7. The van der Waals surface area contributed by atoms with E-state index in [1.807, 2.05) is 6.20 Å². The second-order valence-corrected chi connectivity index (χ2v) is 5.41. The molecule has 2 rings (SSSR count). The fourth-order valence-electron chi connectivity index (χ4n) is 2.51. The molecule has 4 heteroatoms. The summed E-state index contributed by atoms with van der Waals surface area (Å²) < 4.78 is 0. The minimum absolute atomic E-state index is 0.284. The van der Waals surface area contributed by atoms with Crippen molar-refractivity contribution in [1.82, 2.24) is 10.3 Å². The summed E-state index contributed by atoms with van der Waals surface area (Å²) >= 11 is 0. The Bertz CT molecular complexity index is 379. The average molecular weight is 263 g/mol. The van der Waals surface area contributed by atoms with Crippen LogP contribution in [0, 0.1) is 5.92 Å². The Balaban J connectivity index is 1.95. The van der Waals surface area contributed by atoms with Gasteiger partial charge in [-0.05, 0) is 37.9 Å². The minimum Gasteiger partial charge on any atom is -0.396 e. The summed E-state index contributed by atoms with van der Waals surface area (Å²) in [6.07, 6.45) is 4.18. The quantitative estimate of drug-likeness (QED) is 0.824. The molecule has 1 fully saturated rings. The molecule has 1 saturated heterocycles. The first-order valence-corrected chi connectivity index (χ1v) is 7.29. The average Bonchev–Trinajstić information content (AvgIpc) is 2.94. The van der Waals surface area contributed by atoms with Gasteiger partial charge in [-0.15, -0.1) is 0 Å². The molecule has 1 aliphatic heterocycles. The molecule has 2 N–H and O–H groups in total. The van der Waals surface area contributed by atoms with Crippen LogP contribution in [0.15, 0.2) is 18.3 Å². The number of anilines is 1. The van der Waals surface area contributed by atoms with Gasteiger partial charge in [0.25, 0.3) is 0 Å². The predicted octanol–water partition coefficient (Wildman–Crippen LogP) is 1.96. The third-order valence-corrected chi connectivity index (χ3v) is 3.84. The van der Waals surface area contributed by atoms with E-state index in [0.29, 0.717) is 12.0 Å². The van der Waals surface area contributed by atoms with Gasteiger partial charge >= 0.3 is 0 Å². The van der Waals surface area contributed by atoms with Crippen molar-refractivity contribution in [3.63, 3.8) is 0 Å². The molecule has 0 amide bonds. The highest BCUT2D eigenvalue weighted by Crippen LogP contribution is 2.22. The number of nitrogens with zero attached hydrogens (tertiary/aromatic N) is 2. The Hall–Kier alpha value is -1.13. The molecule has 1 aromatic rings. The minimum atomic E-state index is 0.284. The summed E-state index contributed by atoms with van der Waals surface area (Å²) in [7, 11) is 0. The van der Waals surface area contributed by atoms with Crippen molar-refractivity contribution in [1.29, 1.82) is 0 Å². The Kier molecular flexibility index (Phi) is 5.16. The van der Waals surface area contributed by atoms with E-state index in [1.54, 1.807) is 0 Å². The van der Waals surface area contributed by atoms with Crippen molar-refractivity contribution in [3.05, 3.63) is 23.9 Å². The highest BCUT2D eigenvalue weighted by molar-refractivity contribution is 5.41. The molecule has 2 heterocycles. The molecule has 2 atom stereocenters. The van der Waals surface area contributed by atoms with Gasteiger partial charge in [-0.3, -0.25) is 0 Å². The standard InChI is InChI=1S/C15H25N3O/c1-3-7-16-12(2)14-4-5-15(17-9-14)18-8-6-13(10-18)11-19/h4-5,9,12-13,16,19H,3,6-8,10-11H2,1-2H3. The molecule has 0 spiro atoms. The first-order valence-electron chi connectivity index (χ1n) is 7.29. The number of pyridine rings is 1. The molecule has 1 aliphatic rings. The summed E-state index contributed by atoms with van der Waals surface area (Å²) in [5.41, 5.74) is 1.23. The van der Waals surface area contributed by atoms with Crippen LogP contribution in [-0.2, 0) is 0 Å². The van der Waals surface area contributed by atoms with Crippen LogP contribution in [-0.4, -0.2) is 36.3 Å². The number of aliphatic hydroxyl groups excluding tert-OH is 1. The third kappa shape index (κ3) is 3.67. The Morgan fingerprint density at radius 2 is 2.37 bits per heavy atom. The van der Waals surface area contributed by atoms with E-state index in [-0.39, 0.29) is 6.61 Å². The van der Waals surface area contributed by atoms with Crippen molar-refractivity contribution in [2.45, 2.75) is 32.7 Å². The Morgan fingerprint density at radius 3 is 2.95 bits per heavy atom. The van der Waals surface area contributed by atoms with E-state index < -0.39 is 0 Å². The first kappa shape index (κ1) is 14.3. The maximum Gasteiger partial charge on any atom is 0.128 e.